The van der Waals surface area contributed by atoms with Crippen molar-refractivity contribution in [2.24, 2.45) is 0 Å². The van der Waals surface area contributed by atoms with Crippen LogP contribution >= 0.6 is 0 Å². The SMILES string of the molecule is CC(C)(CCO)Oc1ccc(S(=O)C(C)(C)C)cc1. The average molecular weight is 284 g/mol. The third kappa shape index (κ3) is 4.96. The first-order chi connectivity index (χ1) is 8.65. The Morgan fingerprint density at radius 1 is 1.11 bits per heavy atom. The van der Waals surface area contributed by atoms with Gasteiger partial charge in [0.05, 0.1) is 10.8 Å². The molecule has 0 saturated heterocycles. The molecule has 108 valence electrons. The van der Waals surface area contributed by atoms with E-state index in [2.05, 4.69) is 0 Å². The molecule has 0 aliphatic rings. The molecule has 0 amide bonds. The Labute approximate surface area is 118 Å². The molecule has 0 fully saturated rings. The minimum atomic E-state index is -1.03. The van der Waals surface area contributed by atoms with E-state index in [1.807, 2.05) is 58.9 Å². The van der Waals surface area contributed by atoms with Crippen LogP contribution in [-0.4, -0.2) is 26.3 Å². The Kier molecular flexibility index (Phi) is 5.16. The summed E-state index contributed by atoms with van der Waals surface area (Å²) < 4.78 is 17.7. The first-order valence-electron chi connectivity index (χ1n) is 6.47. The molecule has 0 spiro atoms. The predicted octanol–water partition coefficient (Wildman–Crippen LogP) is 3.13. The summed E-state index contributed by atoms with van der Waals surface area (Å²) in [5, 5.41) is 8.97. The molecule has 0 heterocycles. The maximum atomic E-state index is 12.2. The van der Waals surface area contributed by atoms with E-state index >= 15 is 0 Å². The van der Waals surface area contributed by atoms with Crippen LogP contribution in [0.25, 0.3) is 0 Å². The summed E-state index contributed by atoms with van der Waals surface area (Å²) in [6.45, 7) is 9.83. The monoisotopic (exact) mass is 284 g/mol. The molecule has 1 rings (SSSR count). The minimum Gasteiger partial charge on any atom is -0.488 e. The number of hydrogen-bond acceptors (Lipinski definition) is 3. The van der Waals surface area contributed by atoms with Crippen LogP contribution in [0.3, 0.4) is 0 Å². The molecule has 1 atom stereocenters. The molecular formula is C15H24O3S. The smallest absolute Gasteiger partial charge is 0.120 e. The van der Waals surface area contributed by atoms with Gasteiger partial charge < -0.3 is 9.84 Å². The van der Waals surface area contributed by atoms with Gasteiger partial charge in [0.1, 0.15) is 11.4 Å². The van der Waals surface area contributed by atoms with Crippen molar-refractivity contribution in [1.82, 2.24) is 0 Å². The van der Waals surface area contributed by atoms with E-state index in [1.54, 1.807) is 0 Å². The molecule has 4 heteroatoms. The first kappa shape index (κ1) is 16.2. The Morgan fingerprint density at radius 3 is 2.05 bits per heavy atom. The van der Waals surface area contributed by atoms with Gasteiger partial charge in [-0.1, -0.05) is 0 Å². The summed E-state index contributed by atoms with van der Waals surface area (Å²) in [4.78, 5) is 0.805. The van der Waals surface area contributed by atoms with Crippen LogP contribution in [0.4, 0.5) is 0 Å². The Hall–Kier alpha value is -0.870. The van der Waals surface area contributed by atoms with E-state index in [9.17, 15) is 4.21 Å². The lowest BCUT2D eigenvalue weighted by atomic mass is 10.1. The molecule has 3 nitrogen and oxygen atoms in total. The van der Waals surface area contributed by atoms with Crippen molar-refractivity contribution in [2.45, 2.75) is 56.3 Å². The van der Waals surface area contributed by atoms with Gasteiger partial charge in [-0.2, -0.15) is 0 Å². The normalized spacial score (nSPS) is 14.2. The van der Waals surface area contributed by atoms with E-state index in [0.717, 1.165) is 10.6 Å². The van der Waals surface area contributed by atoms with E-state index < -0.39 is 16.4 Å². The van der Waals surface area contributed by atoms with Gasteiger partial charge in [0.2, 0.25) is 0 Å². The molecule has 1 aromatic carbocycles. The highest BCUT2D eigenvalue weighted by Gasteiger charge is 2.22. The Balaban J connectivity index is 2.80. The number of ether oxygens (including phenoxy) is 1. The van der Waals surface area contributed by atoms with E-state index in [4.69, 9.17) is 9.84 Å². The maximum absolute atomic E-state index is 12.2. The highest BCUT2D eigenvalue weighted by Crippen LogP contribution is 2.25. The van der Waals surface area contributed by atoms with Crippen LogP contribution in [0.2, 0.25) is 0 Å². The molecule has 19 heavy (non-hydrogen) atoms. The highest BCUT2D eigenvalue weighted by molar-refractivity contribution is 7.86. The van der Waals surface area contributed by atoms with E-state index in [0.29, 0.717) is 6.42 Å². The van der Waals surface area contributed by atoms with E-state index in [1.165, 1.54) is 0 Å². The topological polar surface area (TPSA) is 46.5 Å². The second-order valence-corrected chi connectivity index (χ2v) is 8.42. The minimum absolute atomic E-state index is 0.0964. The summed E-state index contributed by atoms with van der Waals surface area (Å²) in [5.41, 5.74) is -0.403. The second-order valence-electron chi connectivity index (χ2n) is 6.19. The molecule has 0 aliphatic carbocycles. The van der Waals surface area contributed by atoms with Gasteiger partial charge in [-0.05, 0) is 58.9 Å². The molecular weight excluding hydrogens is 260 g/mol. The van der Waals surface area contributed by atoms with Crippen molar-refractivity contribution in [3.05, 3.63) is 24.3 Å². The molecule has 1 aromatic rings. The van der Waals surface area contributed by atoms with Crippen LogP contribution in [0.5, 0.6) is 5.75 Å². The zero-order valence-electron chi connectivity index (χ0n) is 12.4. The fourth-order valence-electron chi connectivity index (χ4n) is 1.62. The van der Waals surface area contributed by atoms with Gasteiger partial charge in [0, 0.05) is 22.7 Å². The van der Waals surface area contributed by atoms with Gasteiger partial charge in [-0.3, -0.25) is 4.21 Å². The lowest BCUT2D eigenvalue weighted by molar-refractivity contribution is 0.0764. The molecule has 0 bridgehead atoms. The van der Waals surface area contributed by atoms with Crippen molar-refractivity contribution in [1.29, 1.82) is 0 Å². The molecule has 1 unspecified atom stereocenters. The number of hydrogen-bond donors (Lipinski definition) is 1. The fourth-order valence-corrected chi connectivity index (χ4v) is 2.71. The summed E-state index contributed by atoms with van der Waals surface area (Å²) >= 11 is 0. The molecule has 0 aliphatic heterocycles. The van der Waals surface area contributed by atoms with Crippen molar-refractivity contribution < 1.29 is 14.1 Å². The van der Waals surface area contributed by atoms with Crippen LogP contribution in [0.1, 0.15) is 41.0 Å². The predicted molar refractivity (Wildman–Crippen MR) is 79.0 cm³/mol. The van der Waals surface area contributed by atoms with Crippen molar-refractivity contribution in [3.8, 4) is 5.75 Å². The number of aliphatic hydroxyl groups is 1. The van der Waals surface area contributed by atoms with Crippen LogP contribution < -0.4 is 4.74 Å². The molecule has 1 N–H and O–H groups in total. The summed E-state index contributed by atoms with van der Waals surface area (Å²) in [5.74, 6) is 0.730. The average Bonchev–Trinajstić information content (AvgIpc) is 2.27. The summed E-state index contributed by atoms with van der Waals surface area (Å²) in [6.07, 6.45) is 0.572. The maximum Gasteiger partial charge on any atom is 0.120 e. The summed E-state index contributed by atoms with van der Waals surface area (Å²) in [6, 6.07) is 7.34. The first-order valence-corrected chi connectivity index (χ1v) is 7.62. The van der Waals surface area contributed by atoms with Gasteiger partial charge in [0.15, 0.2) is 0 Å². The van der Waals surface area contributed by atoms with Gasteiger partial charge >= 0.3 is 0 Å². The number of benzene rings is 1. The summed E-state index contributed by atoms with van der Waals surface area (Å²) in [7, 11) is -1.03. The quantitative estimate of drug-likeness (QED) is 0.903. The molecule has 0 saturated carbocycles. The van der Waals surface area contributed by atoms with Crippen LogP contribution in [-0.2, 0) is 10.8 Å². The standard InChI is InChI=1S/C15H24O3S/c1-14(2,3)19(17)13-8-6-12(7-9-13)18-15(4,5)10-11-16/h6-9,16H,10-11H2,1-5H3. The van der Waals surface area contributed by atoms with Crippen LogP contribution in [0.15, 0.2) is 29.2 Å². The molecule has 0 radical (unpaired) electrons. The zero-order chi connectivity index (χ0) is 14.7. The lowest BCUT2D eigenvalue weighted by Crippen LogP contribution is -2.29. The van der Waals surface area contributed by atoms with Crippen molar-refractivity contribution in [3.63, 3.8) is 0 Å². The fraction of sp³-hybridized carbons (Fsp3) is 0.600. The van der Waals surface area contributed by atoms with Gasteiger partial charge in [-0.25, -0.2) is 0 Å². The lowest BCUT2D eigenvalue weighted by Gasteiger charge is -2.26. The van der Waals surface area contributed by atoms with Gasteiger partial charge in [0.25, 0.3) is 0 Å². The third-order valence-electron chi connectivity index (χ3n) is 2.70. The second kappa shape index (κ2) is 6.06. The van der Waals surface area contributed by atoms with Gasteiger partial charge in [-0.15, -0.1) is 0 Å². The largest absolute Gasteiger partial charge is 0.488 e. The number of rotatable bonds is 5. The van der Waals surface area contributed by atoms with Crippen molar-refractivity contribution in [2.75, 3.05) is 6.61 Å². The number of aliphatic hydroxyl groups excluding tert-OH is 1. The van der Waals surface area contributed by atoms with E-state index in [-0.39, 0.29) is 11.4 Å². The zero-order valence-corrected chi connectivity index (χ0v) is 13.2. The molecule has 0 aromatic heterocycles. The third-order valence-corrected chi connectivity index (χ3v) is 4.51. The highest BCUT2D eigenvalue weighted by atomic mass is 32.2. The Morgan fingerprint density at radius 2 is 1.63 bits per heavy atom. The Bertz CT molecular complexity index is 430. The van der Waals surface area contributed by atoms with Crippen LogP contribution in [0, 0.1) is 0 Å². The van der Waals surface area contributed by atoms with Crippen molar-refractivity contribution >= 4 is 10.8 Å².